The van der Waals surface area contributed by atoms with Crippen LogP contribution >= 0.6 is 23.2 Å². The van der Waals surface area contributed by atoms with Gasteiger partial charge in [-0.1, -0.05) is 41.4 Å². The number of esters is 2. The highest BCUT2D eigenvalue weighted by atomic mass is 35.5. The van der Waals surface area contributed by atoms with Crippen LogP contribution < -0.4 is 18.9 Å². The molecule has 1 heterocycles. The quantitative estimate of drug-likeness (QED) is 0.225. The molecule has 0 bridgehead atoms. The highest BCUT2D eigenvalue weighted by molar-refractivity contribution is 6.37. The molecule has 4 rings (SSSR count). The lowest BCUT2D eigenvalue weighted by Crippen LogP contribution is -2.10. The van der Waals surface area contributed by atoms with Crippen LogP contribution in [0.25, 0.3) is 6.08 Å². The molecule has 0 aliphatic carbocycles. The summed E-state index contributed by atoms with van der Waals surface area (Å²) in [7, 11) is 4.35. The smallest absolute Gasteiger partial charge is 0.363 e. The summed E-state index contributed by atoms with van der Waals surface area (Å²) >= 11 is 12.1. The fraction of sp³-hybridized carbons (Fsp3) is 0.115. The highest BCUT2D eigenvalue weighted by Gasteiger charge is 2.26. The molecule has 0 aromatic heterocycles. The molecule has 0 amide bonds. The van der Waals surface area contributed by atoms with Crippen LogP contribution in [0.15, 0.2) is 65.3 Å². The molecule has 0 saturated heterocycles. The lowest BCUT2D eigenvalue weighted by molar-refractivity contribution is -0.129. The molecule has 1 aliphatic heterocycles. The van der Waals surface area contributed by atoms with Gasteiger partial charge in [0.2, 0.25) is 11.6 Å². The topological polar surface area (TPSA) is 92.7 Å². The van der Waals surface area contributed by atoms with Crippen molar-refractivity contribution in [2.45, 2.75) is 0 Å². The van der Waals surface area contributed by atoms with Gasteiger partial charge in [0.25, 0.3) is 0 Å². The first-order valence-electron chi connectivity index (χ1n) is 10.4. The van der Waals surface area contributed by atoms with Crippen LogP contribution in [-0.4, -0.2) is 39.2 Å². The van der Waals surface area contributed by atoms with Gasteiger partial charge in [0, 0.05) is 10.6 Å². The maximum Gasteiger partial charge on any atom is 0.363 e. The Morgan fingerprint density at radius 2 is 1.61 bits per heavy atom. The number of hydrogen-bond donors (Lipinski definition) is 0. The number of carbonyl (C=O) groups excluding carboxylic acids is 2. The minimum absolute atomic E-state index is 0.00676. The van der Waals surface area contributed by atoms with E-state index in [4.69, 9.17) is 46.9 Å². The monoisotopic (exact) mass is 527 g/mol. The van der Waals surface area contributed by atoms with E-state index >= 15 is 0 Å². The molecule has 0 fully saturated rings. The normalized spacial score (nSPS) is 13.8. The first-order chi connectivity index (χ1) is 17.3. The van der Waals surface area contributed by atoms with Crippen LogP contribution in [-0.2, 0) is 9.53 Å². The minimum Gasteiger partial charge on any atom is -0.493 e. The van der Waals surface area contributed by atoms with Crippen molar-refractivity contribution in [3.63, 3.8) is 0 Å². The van der Waals surface area contributed by atoms with Gasteiger partial charge in [0.05, 0.1) is 37.5 Å². The molecule has 36 heavy (non-hydrogen) atoms. The van der Waals surface area contributed by atoms with Crippen LogP contribution in [0.1, 0.15) is 21.5 Å². The number of para-hydroxylation sites is 1. The molecule has 0 spiro atoms. The number of carbonyl (C=O) groups is 2. The number of halogens is 2. The molecule has 10 heteroatoms. The van der Waals surface area contributed by atoms with E-state index in [9.17, 15) is 9.59 Å². The molecule has 0 N–H and O–H groups in total. The Balaban J connectivity index is 1.64. The van der Waals surface area contributed by atoms with Gasteiger partial charge in [-0.3, -0.25) is 0 Å². The number of aliphatic imine (C=N–C) groups is 1. The zero-order valence-corrected chi connectivity index (χ0v) is 20.8. The summed E-state index contributed by atoms with van der Waals surface area (Å²) in [6.07, 6.45) is 1.46. The van der Waals surface area contributed by atoms with Crippen LogP contribution in [0.5, 0.6) is 23.0 Å². The summed E-state index contributed by atoms with van der Waals surface area (Å²) in [6.45, 7) is 0. The van der Waals surface area contributed by atoms with Gasteiger partial charge in [-0.25, -0.2) is 14.6 Å². The molecule has 0 atom stereocenters. The van der Waals surface area contributed by atoms with E-state index in [1.807, 2.05) is 0 Å². The summed E-state index contributed by atoms with van der Waals surface area (Å²) in [5.41, 5.74) is 1.02. The molecule has 1 aliphatic rings. The summed E-state index contributed by atoms with van der Waals surface area (Å²) in [5, 5.41) is 0.724. The van der Waals surface area contributed by atoms with E-state index in [-0.39, 0.29) is 27.9 Å². The lowest BCUT2D eigenvalue weighted by atomic mass is 10.1. The molecule has 8 nitrogen and oxygen atoms in total. The summed E-state index contributed by atoms with van der Waals surface area (Å²) in [5.74, 6) is -0.167. The molecular formula is C26H19Cl2NO7. The molecule has 184 valence electrons. The zero-order chi connectivity index (χ0) is 25.8. The van der Waals surface area contributed by atoms with E-state index < -0.39 is 11.9 Å². The van der Waals surface area contributed by atoms with Crippen molar-refractivity contribution < 1.29 is 33.3 Å². The van der Waals surface area contributed by atoms with Crippen LogP contribution in [0, 0.1) is 0 Å². The SMILES string of the molecule is COc1cc(C(=O)Oc2ccccc2/C=C2/N=C(c3ccc(Cl)cc3Cl)OC2=O)cc(OC)c1OC. The van der Waals surface area contributed by atoms with E-state index in [0.29, 0.717) is 33.4 Å². The number of hydrogen-bond acceptors (Lipinski definition) is 8. The zero-order valence-electron chi connectivity index (χ0n) is 19.3. The lowest BCUT2D eigenvalue weighted by Gasteiger charge is -2.14. The molecule has 3 aromatic rings. The third kappa shape index (κ3) is 5.15. The Kier molecular flexibility index (Phi) is 7.47. The maximum absolute atomic E-state index is 13.0. The first kappa shape index (κ1) is 25.1. The number of nitrogens with zero attached hydrogens (tertiary/aromatic N) is 1. The minimum atomic E-state index is -0.679. The van der Waals surface area contributed by atoms with Crippen molar-refractivity contribution in [1.29, 1.82) is 0 Å². The Morgan fingerprint density at radius 3 is 2.25 bits per heavy atom. The van der Waals surface area contributed by atoms with Crippen LogP contribution in [0.3, 0.4) is 0 Å². The van der Waals surface area contributed by atoms with Gasteiger partial charge in [-0.2, -0.15) is 0 Å². The van der Waals surface area contributed by atoms with Crippen molar-refractivity contribution in [2.24, 2.45) is 4.99 Å². The average molecular weight is 528 g/mol. The predicted octanol–water partition coefficient (Wildman–Crippen LogP) is 5.58. The van der Waals surface area contributed by atoms with E-state index in [2.05, 4.69) is 4.99 Å². The standard InChI is InChI=1S/C26H19Cl2NO7/c1-32-21-11-15(12-22(33-2)23(21)34-3)25(30)35-20-7-5-4-6-14(20)10-19-26(31)36-24(29-19)17-9-8-16(27)13-18(17)28/h4-13H,1-3H3/b19-10+. The van der Waals surface area contributed by atoms with E-state index in [0.717, 1.165) is 0 Å². The van der Waals surface area contributed by atoms with Crippen LogP contribution in [0.4, 0.5) is 0 Å². The summed E-state index contributed by atoms with van der Waals surface area (Å²) < 4.78 is 26.8. The Hall–Kier alpha value is -4.01. The number of cyclic esters (lactones) is 1. The fourth-order valence-corrected chi connectivity index (χ4v) is 3.87. The van der Waals surface area contributed by atoms with Crippen molar-refractivity contribution in [3.8, 4) is 23.0 Å². The van der Waals surface area contributed by atoms with Gasteiger partial charge >= 0.3 is 11.9 Å². The molecule has 0 saturated carbocycles. The number of ether oxygens (including phenoxy) is 5. The van der Waals surface area contributed by atoms with E-state index in [1.165, 1.54) is 45.6 Å². The van der Waals surface area contributed by atoms with Gasteiger partial charge < -0.3 is 23.7 Å². The van der Waals surface area contributed by atoms with Gasteiger partial charge in [-0.15, -0.1) is 0 Å². The third-order valence-corrected chi connectivity index (χ3v) is 5.64. The summed E-state index contributed by atoms with van der Waals surface area (Å²) in [4.78, 5) is 29.7. The summed E-state index contributed by atoms with van der Waals surface area (Å²) in [6, 6.07) is 14.4. The van der Waals surface area contributed by atoms with Crippen molar-refractivity contribution in [1.82, 2.24) is 0 Å². The fourth-order valence-electron chi connectivity index (χ4n) is 3.39. The van der Waals surface area contributed by atoms with E-state index in [1.54, 1.807) is 36.4 Å². The molecule has 0 radical (unpaired) electrons. The molecule has 0 unspecified atom stereocenters. The highest BCUT2D eigenvalue weighted by Crippen LogP contribution is 2.38. The number of methoxy groups -OCH3 is 3. The average Bonchev–Trinajstić information content (AvgIpc) is 3.23. The molecule has 3 aromatic carbocycles. The van der Waals surface area contributed by atoms with Crippen LogP contribution in [0.2, 0.25) is 10.0 Å². The van der Waals surface area contributed by atoms with Gasteiger partial charge in [0.1, 0.15) is 5.75 Å². The Morgan fingerprint density at radius 1 is 0.917 bits per heavy atom. The Bertz CT molecular complexity index is 1390. The molecular weight excluding hydrogens is 509 g/mol. The second kappa shape index (κ2) is 10.7. The number of benzene rings is 3. The van der Waals surface area contributed by atoms with Crippen molar-refractivity contribution >= 4 is 47.1 Å². The van der Waals surface area contributed by atoms with Gasteiger partial charge in [-0.05, 0) is 42.5 Å². The number of rotatable bonds is 7. The third-order valence-electron chi connectivity index (χ3n) is 5.10. The van der Waals surface area contributed by atoms with Crippen molar-refractivity contribution in [2.75, 3.05) is 21.3 Å². The maximum atomic E-state index is 13.0. The van der Waals surface area contributed by atoms with Gasteiger partial charge in [0.15, 0.2) is 17.2 Å². The van der Waals surface area contributed by atoms with Crippen molar-refractivity contribution in [3.05, 3.63) is 87.0 Å². The largest absolute Gasteiger partial charge is 0.493 e. The second-order valence-electron chi connectivity index (χ2n) is 7.30. The Labute approximate surface area is 216 Å². The second-order valence-corrected chi connectivity index (χ2v) is 8.15. The first-order valence-corrected chi connectivity index (χ1v) is 11.2. The predicted molar refractivity (Wildman–Crippen MR) is 135 cm³/mol.